The van der Waals surface area contributed by atoms with Crippen LogP contribution in [0.2, 0.25) is 0 Å². The first kappa shape index (κ1) is 24.4. The van der Waals surface area contributed by atoms with Gasteiger partial charge in [0.25, 0.3) is 11.8 Å². The van der Waals surface area contributed by atoms with Gasteiger partial charge in [-0.2, -0.15) is 0 Å². The van der Waals surface area contributed by atoms with Crippen molar-refractivity contribution in [2.45, 2.75) is 26.7 Å². The number of likely N-dealkylation sites (tertiary alicyclic amines) is 1. The molecule has 178 valence electrons. The summed E-state index contributed by atoms with van der Waals surface area (Å²) in [4.78, 5) is 41.0. The number of ether oxygens (including phenoxy) is 4. The van der Waals surface area contributed by atoms with E-state index >= 15 is 0 Å². The molecule has 0 aliphatic carbocycles. The number of anilines is 1. The molecule has 1 saturated heterocycles. The number of nitrogens with zero attached hydrogens (tertiary/aromatic N) is 1. The third-order valence-corrected chi connectivity index (χ3v) is 6.56. The molecule has 0 spiro atoms. The molecular weight excluding hydrogens is 448 g/mol. The second-order valence-electron chi connectivity index (χ2n) is 7.35. The van der Waals surface area contributed by atoms with Gasteiger partial charge in [0.05, 0.1) is 38.4 Å². The van der Waals surface area contributed by atoms with E-state index in [1.165, 1.54) is 33.5 Å². The third-order valence-electron chi connectivity index (χ3n) is 5.37. The molecule has 0 saturated carbocycles. The van der Waals surface area contributed by atoms with Gasteiger partial charge in [-0.25, -0.2) is 4.79 Å². The van der Waals surface area contributed by atoms with E-state index in [0.29, 0.717) is 40.8 Å². The van der Waals surface area contributed by atoms with Crippen LogP contribution in [0.4, 0.5) is 5.00 Å². The number of hydrogen-bond acceptors (Lipinski definition) is 8. The fraction of sp³-hybridized carbons (Fsp3) is 0.435. The van der Waals surface area contributed by atoms with Crippen LogP contribution in [-0.4, -0.2) is 63.7 Å². The SMILES string of the molecule is CCOC(=O)c1c(NC(=O)c2cc(OC)c(OC)c(OC)c2)sc(C(=O)N2CCCC2)c1C. The second kappa shape index (κ2) is 10.6. The molecule has 2 amide bonds. The van der Waals surface area contributed by atoms with Crippen LogP contribution in [0.3, 0.4) is 0 Å². The Morgan fingerprint density at radius 2 is 1.64 bits per heavy atom. The largest absolute Gasteiger partial charge is 0.493 e. The Kier molecular flexibility index (Phi) is 7.80. The van der Waals surface area contributed by atoms with E-state index in [0.717, 1.165) is 24.2 Å². The van der Waals surface area contributed by atoms with Gasteiger partial charge in [-0.3, -0.25) is 9.59 Å². The number of amides is 2. The van der Waals surface area contributed by atoms with Gasteiger partial charge >= 0.3 is 5.97 Å². The molecule has 1 aliphatic rings. The highest BCUT2D eigenvalue weighted by atomic mass is 32.1. The van der Waals surface area contributed by atoms with Crippen LogP contribution in [0.5, 0.6) is 17.2 Å². The number of nitrogens with one attached hydrogen (secondary N) is 1. The molecule has 2 aromatic rings. The molecule has 33 heavy (non-hydrogen) atoms. The van der Waals surface area contributed by atoms with E-state index in [1.807, 2.05) is 0 Å². The number of carbonyl (C=O) groups is 3. The zero-order valence-corrected chi connectivity index (χ0v) is 20.2. The van der Waals surface area contributed by atoms with Crippen LogP contribution in [0.1, 0.15) is 55.7 Å². The lowest BCUT2D eigenvalue weighted by Gasteiger charge is -2.14. The average molecular weight is 477 g/mol. The van der Waals surface area contributed by atoms with Gasteiger partial charge in [-0.1, -0.05) is 0 Å². The Labute approximate surface area is 196 Å². The van der Waals surface area contributed by atoms with Gasteiger partial charge in [0, 0.05) is 18.7 Å². The van der Waals surface area contributed by atoms with Gasteiger partial charge in [-0.15, -0.1) is 11.3 Å². The summed E-state index contributed by atoms with van der Waals surface area (Å²) >= 11 is 1.07. The van der Waals surface area contributed by atoms with E-state index in [-0.39, 0.29) is 28.6 Å². The van der Waals surface area contributed by atoms with Crippen molar-refractivity contribution in [1.82, 2.24) is 4.90 Å². The third kappa shape index (κ3) is 4.90. The van der Waals surface area contributed by atoms with Crippen LogP contribution >= 0.6 is 11.3 Å². The summed E-state index contributed by atoms with van der Waals surface area (Å²) < 4.78 is 21.1. The van der Waals surface area contributed by atoms with Gasteiger partial charge in [0.1, 0.15) is 5.00 Å². The Balaban J connectivity index is 2.00. The molecule has 10 heteroatoms. The molecule has 9 nitrogen and oxygen atoms in total. The van der Waals surface area contributed by atoms with Crippen molar-refractivity contribution in [2.24, 2.45) is 0 Å². The number of hydrogen-bond donors (Lipinski definition) is 1. The van der Waals surface area contributed by atoms with Crippen LogP contribution in [0.25, 0.3) is 0 Å². The lowest BCUT2D eigenvalue weighted by Crippen LogP contribution is -2.27. The fourth-order valence-electron chi connectivity index (χ4n) is 3.71. The normalized spacial score (nSPS) is 12.9. The van der Waals surface area contributed by atoms with Crippen molar-refractivity contribution >= 4 is 34.1 Å². The maximum atomic E-state index is 13.1. The summed E-state index contributed by atoms with van der Waals surface area (Å²) in [5, 5.41) is 3.03. The topological polar surface area (TPSA) is 103 Å². The Morgan fingerprint density at radius 1 is 1.03 bits per heavy atom. The fourth-order valence-corrected chi connectivity index (χ4v) is 4.86. The molecule has 1 fully saturated rings. The predicted molar refractivity (Wildman–Crippen MR) is 124 cm³/mol. The first-order valence-electron chi connectivity index (χ1n) is 10.6. The molecule has 1 N–H and O–H groups in total. The minimum atomic E-state index is -0.591. The number of rotatable bonds is 8. The van der Waals surface area contributed by atoms with Crippen LogP contribution in [-0.2, 0) is 4.74 Å². The predicted octanol–water partition coefficient (Wildman–Crippen LogP) is 3.75. The summed E-state index contributed by atoms with van der Waals surface area (Å²) in [6, 6.07) is 3.02. The van der Waals surface area contributed by atoms with Crippen molar-refractivity contribution in [3.05, 3.63) is 33.7 Å². The molecule has 0 bridgehead atoms. The van der Waals surface area contributed by atoms with Gasteiger partial charge in [-0.05, 0) is 44.4 Å². The van der Waals surface area contributed by atoms with E-state index < -0.39 is 11.9 Å². The van der Waals surface area contributed by atoms with Crippen LogP contribution in [0.15, 0.2) is 12.1 Å². The number of carbonyl (C=O) groups excluding carboxylic acids is 3. The Hall–Kier alpha value is -3.27. The zero-order chi connectivity index (χ0) is 24.1. The summed E-state index contributed by atoms with van der Waals surface area (Å²) in [7, 11) is 4.38. The highest BCUT2D eigenvalue weighted by Crippen LogP contribution is 2.39. The highest BCUT2D eigenvalue weighted by Gasteiger charge is 2.30. The monoisotopic (exact) mass is 476 g/mol. The highest BCUT2D eigenvalue weighted by molar-refractivity contribution is 7.18. The number of thiophene rings is 1. The molecular formula is C23H28N2O7S. The molecule has 2 heterocycles. The van der Waals surface area contributed by atoms with E-state index in [4.69, 9.17) is 18.9 Å². The second-order valence-corrected chi connectivity index (χ2v) is 8.37. The van der Waals surface area contributed by atoms with Crippen molar-refractivity contribution < 1.29 is 33.3 Å². The lowest BCUT2D eigenvalue weighted by molar-refractivity contribution is 0.0527. The lowest BCUT2D eigenvalue weighted by atomic mass is 10.1. The standard InChI is InChI=1S/C23H28N2O7S/c1-6-32-23(28)17-13(2)19(22(27)25-9-7-8-10-25)33-21(17)24-20(26)14-11-15(29-3)18(31-5)16(12-14)30-4/h11-12H,6-10H2,1-5H3,(H,24,26). The molecule has 1 aliphatic heterocycles. The average Bonchev–Trinajstić information content (AvgIpc) is 3.46. The van der Waals surface area contributed by atoms with Crippen molar-refractivity contribution in [1.29, 1.82) is 0 Å². The summed E-state index contributed by atoms with van der Waals surface area (Å²) in [6.07, 6.45) is 1.90. The first-order chi connectivity index (χ1) is 15.9. The Morgan fingerprint density at radius 3 is 2.15 bits per heavy atom. The number of methoxy groups -OCH3 is 3. The van der Waals surface area contributed by atoms with Crippen molar-refractivity contribution in [3.8, 4) is 17.2 Å². The number of esters is 1. The van der Waals surface area contributed by atoms with Crippen molar-refractivity contribution in [3.63, 3.8) is 0 Å². The van der Waals surface area contributed by atoms with E-state index in [9.17, 15) is 14.4 Å². The van der Waals surface area contributed by atoms with Crippen molar-refractivity contribution in [2.75, 3.05) is 46.3 Å². The molecule has 0 atom stereocenters. The van der Waals surface area contributed by atoms with Gasteiger partial charge < -0.3 is 29.2 Å². The molecule has 0 radical (unpaired) electrons. The minimum absolute atomic E-state index is 0.145. The summed E-state index contributed by atoms with van der Waals surface area (Å²) in [5.74, 6) is -0.240. The molecule has 0 unspecified atom stereocenters. The van der Waals surface area contributed by atoms with Gasteiger partial charge in [0.2, 0.25) is 5.75 Å². The molecule has 1 aromatic carbocycles. The minimum Gasteiger partial charge on any atom is -0.493 e. The van der Waals surface area contributed by atoms with Gasteiger partial charge in [0.15, 0.2) is 11.5 Å². The quantitative estimate of drug-likeness (QED) is 0.579. The smallest absolute Gasteiger partial charge is 0.341 e. The van der Waals surface area contributed by atoms with Crippen LogP contribution < -0.4 is 19.5 Å². The molecule has 1 aromatic heterocycles. The maximum Gasteiger partial charge on any atom is 0.341 e. The first-order valence-corrected chi connectivity index (χ1v) is 11.4. The molecule has 3 rings (SSSR count). The zero-order valence-electron chi connectivity index (χ0n) is 19.4. The van der Waals surface area contributed by atoms with E-state index in [2.05, 4.69) is 5.32 Å². The van der Waals surface area contributed by atoms with Crippen LogP contribution in [0, 0.1) is 6.92 Å². The summed E-state index contributed by atoms with van der Waals surface area (Å²) in [6.45, 7) is 4.92. The maximum absolute atomic E-state index is 13.1. The van der Waals surface area contributed by atoms with E-state index in [1.54, 1.807) is 18.7 Å². The Bertz CT molecular complexity index is 1030. The summed E-state index contributed by atoms with van der Waals surface area (Å²) in [5.41, 5.74) is 0.915. The number of benzene rings is 1.